The van der Waals surface area contributed by atoms with Crippen LogP contribution in [0.1, 0.15) is 19.3 Å². The fourth-order valence-electron chi connectivity index (χ4n) is 2.24. The van der Waals surface area contributed by atoms with E-state index in [1.54, 1.807) is 12.1 Å². The summed E-state index contributed by atoms with van der Waals surface area (Å²) in [6.07, 6.45) is 3.99. The maximum atomic E-state index is 12.0. The van der Waals surface area contributed by atoms with Gasteiger partial charge in [0.15, 0.2) is 0 Å². The van der Waals surface area contributed by atoms with Crippen molar-refractivity contribution in [3.8, 4) is 0 Å². The van der Waals surface area contributed by atoms with Crippen LogP contribution in [0.5, 0.6) is 0 Å². The quantitative estimate of drug-likeness (QED) is 0.843. The maximum Gasteiger partial charge on any atom is 0.232 e. The number of nitrogens with one attached hydrogen (secondary N) is 1. The summed E-state index contributed by atoms with van der Waals surface area (Å²) in [5.41, 5.74) is 0.353. The molecular formula is C14H18Cl2N2O3S. The van der Waals surface area contributed by atoms with E-state index < -0.39 is 10.0 Å². The van der Waals surface area contributed by atoms with Crippen LogP contribution >= 0.6 is 23.2 Å². The lowest BCUT2D eigenvalue weighted by Crippen LogP contribution is -2.41. The second kappa shape index (κ2) is 7.06. The number of carbonyl (C=O) groups excluding carboxylic acids is 1. The van der Waals surface area contributed by atoms with Crippen LogP contribution in [0.25, 0.3) is 0 Å². The molecule has 1 amide bonds. The largest absolute Gasteiger partial charge is 0.354 e. The Labute approximate surface area is 140 Å². The summed E-state index contributed by atoms with van der Waals surface area (Å²) in [7, 11) is -3.51. The zero-order valence-corrected chi connectivity index (χ0v) is 14.5. The van der Waals surface area contributed by atoms with Crippen LogP contribution in [0.4, 0.5) is 5.69 Å². The predicted molar refractivity (Wildman–Crippen MR) is 89.0 cm³/mol. The Balaban J connectivity index is 2.05. The van der Waals surface area contributed by atoms with Gasteiger partial charge in [0.2, 0.25) is 15.9 Å². The molecule has 0 saturated heterocycles. The number of halogens is 2. The lowest BCUT2D eigenvalue weighted by molar-refractivity contribution is -0.127. The van der Waals surface area contributed by atoms with Crippen molar-refractivity contribution in [1.29, 1.82) is 0 Å². The number of benzene rings is 1. The number of anilines is 1. The van der Waals surface area contributed by atoms with Gasteiger partial charge in [-0.15, -0.1) is 0 Å². The monoisotopic (exact) mass is 364 g/mol. The molecule has 0 spiro atoms. The molecule has 0 heterocycles. The summed E-state index contributed by atoms with van der Waals surface area (Å²) >= 11 is 11.9. The molecule has 2 rings (SSSR count). The van der Waals surface area contributed by atoms with Crippen molar-refractivity contribution < 1.29 is 13.2 Å². The normalized spacial score (nSPS) is 15.2. The summed E-state index contributed by atoms with van der Waals surface area (Å²) in [6.45, 7) is 0.361. The van der Waals surface area contributed by atoms with E-state index in [9.17, 15) is 13.2 Å². The van der Waals surface area contributed by atoms with Gasteiger partial charge in [-0.1, -0.05) is 29.6 Å². The van der Waals surface area contributed by atoms with Crippen LogP contribution in [0.3, 0.4) is 0 Å². The van der Waals surface area contributed by atoms with Crippen LogP contribution < -0.4 is 9.62 Å². The number of sulfonamides is 1. The lowest BCUT2D eigenvalue weighted by atomic mass is 9.85. The predicted octanol–water partition coefficient (Wildman–Crippen LogP) is 2.68. The van der Waals surface area contributed by atoms with E-state index in [1.165, 1.54) is 10.4 Å². The van der Waals surface area contributed by atoms with Crippen LogP contribution in [0.2, 0.25) is 10.0 Å². The van der Waals surface area contributed by atoms with E-state index in [1.807, 2.05) is 0 Å². The number of hydrogen-bond acceptors (Lipinski definition) is 3. The average molecular weight is 365 g/mol. The molecule has 1 aliphatic rings. The van der Waals surface area contributed by atoms with Crippen molar-refractivity contribution in [3.63, 3.8) is 0 Å². The molecule has 0 bridgehead atoms. The highest BCUT2D eigenvalue weighted by Gasteiger charge is 2.25. The van der Waals surface area contributed by atoms with Gasteiger partial charge >= 0.3 is 0 Å². The molecule has 0 aliphatic heterocycles. The molecule has 22 heavy (non-hydrogen) atoms. The van der Waals surface area contributed by atoms with Gasteiger partial charge in [-0.2, -0.15) is 0 Å². The second-order valence-electron chi connectivity index (χ2n) is 5.35. The third-order valence-electron chi connectivity index (χ3n) is 3.67. The molecule has 5 nitrogen and oxygen atoms in total. The van der Waals surface area contributed by atoms with Crippen molar-refractivity contribution in [1.82, 2.24) is 5.32 Å². The molecule has 1 N–H and O–H groups in total. The van der Waals surface area contributed by atoms with Crippen LogP contribution in [0, 0.1) is 5.92 Å². The molecule has 1 aliphatic carbocycles. The Morgan fingerprint density at radius 2 is 2.05 bits per heavy atom. The van der Waals surface area contributed by atoms with Crippen LogP contribution in [-0.4, -0.2) is 33.7 Å². The van der Waals surface area contributed by atoms with Crippen LogP contribution in [0.15, 0.2) is 18.2 Å². The summed E-state index contributed by atoms with van der Waals surface area (Å²) in [5, 5.41) is 3.46. The fraction of sp³-hybridized carbons (Fsp3) is 0.500. The molecule has 1 fully saturated rings. The zero-order valence-electron chi connectivity index (χ0n) is 12.2. The van der Waals surface area contributed by atoms with E-state index in [0.717, 1.165) is 25.5 Å². The molecule has 122 valence electrons. The van der Waals surface area contributed by atoms with E-state index >= 15 is 0 Å². The zero-order chi connectivity index (χ0) is 16.3. The highest BCUT2D eigenvalue weighted by atomic mass is 35.5. The molecule has 0 atom stereocenters. The van der Waals surface area contributed by atoms with Crippen molar-refractivity contribution in [2.75, 3.05) is 23.7 Å². The van der Waals surface area contributed by atoms with Crippen molar-refractivity contribution in [3.05, 3.63) is 28.2 Å². The van der Waals surface area contributed by atoms with Crippen molar-refractivity contribution in [2.45, 2.75) is 19.3 Å². The molecule has 0 radical (unpaired) electrons. The van der Waals surface area contributed by atoms with Gasteiger partial charge in [0, 0.05) is 17.5 Å². The number of nitrogens with zero attached hydrogens (tertiary/aromatic N) is 1. The van der Waals surface area contributed by atoms with Gasteiger partial charge in [-0.05, 0) is 31.0 Å². The minimum atomic E-state index is -3.51. The maximum absolute atomic E-state index is 12.0. The van der Waals surface area contributed by atoms with E-state index in [2.05, 4.69) is 5.32 Å². The van der Waals surface area contributed by atoms with E-state index in [0.29, 0.717) is 10.7 Å². The lowest BCUT2D eigenvalue weighted by Gasteiger charge is -2.26. The minimum Gasteiger partial charge on any atom is -0.354 e. The smallest absolute Gasteiger partial charge is 0.232 e. The highest BCUT2D eigenvalue weighted by molar-refractivity contribution is 7.92. The molecular weight excluding hydrogens is 347 g/mol. The second-order valence-corrected chi connectivity index (χ2v) is 8.10. The molecule has 1 aromatic carbocycles. The first kappa shape index (κ1) is 17.4. The molecule has 0 aromatic heterocycles. The molecule has 8 heteroatoms. The third-order valence-corrected chi connectivity index (χ3v) is 5.39. The first-order valence-corrected chi connectivity index (χ1v) is 9.60. The van der Waals surface area contributed by atoms with E-state index in [4.69, 9.17) is 23.2 Å². The van der Waals surface area contributed by atoms with Gasteiger partial charge < -0.3 is 5.32 Å². The highest BCUT2D eigenvalue weighted by Crippen LogP contribution is 2.30. The summed E-state index contributed by atoms with van der Waals surface area (Å²) in [6, 6.07) is 4.62. The number of hydrogen-bond donors (Lipinski definition) is 1. The fourth-order valence-corrected chi connectivity index (χ4v) is 3.74. The third kappa shape index (κ3) is 4.27. The summed E-state index contributed by atoms with van der Waals surface area (Å²) < 4.78 is 25.1. The standard InChI is InChI=1S/C14H18Cl2N2O3S/c1-22(20,21)18(13-6-5-11(15)9-12(13)16)8-7-17-14(19)10-3-2-4-10/h5-6,9-10H,2-4,7-8H2,1H3,(H,17,19). The van der Waals surface area contributed by atoms with E-state index in [-0.39, 0.29) is 29.9 Å². The SMILES string of the molecule is CS(=O)(=O)N(CCNC(=O)C1CCC1)c1ccc(Cl)cc1Cl. The minimum absolute atomic E-state index is 0.0121. The first-order valence-electron chi connectivity index (χ1n) is 6.99. The Kier molecular flexibility index (Phi) is 5.58. The summed E-state index contributed by atoms with van der Waals surface area (Å²) in [5.74, 6) is 0.0627. The molecule has 0 unspecified atom stereocenters. The van der Waals surface area contributed by atoms with Crippen molar-refractivity contribution in [2.24, 2.45) is 5.92 Å². The summed E-state index contributed by atoms with van der Waals surface area (Å²) in [4.78, 5) is 11.8. The number of carbonyl (C=O) groups is 1. The Bertz CT molecular complexity index is 660. The van der Waals surface area contributed by atoms with Crippen molar-refractivity contribution >= 4 is 44.8 Å². The average Bonchev–Trinajstić information content (AvgIpc) is 2.32. The Hall–Kier alpha value is -0.980. The Morgan fingerprint density at radius 3 is 2.55 bits per heavy atom. The van der Waals surface area contributed by atoms with Gasteiger partial charge in [0.05, 0.1) is 23.5 Å². The molecule has 1 saturated carbocycles. The van der Waals surface area contributed by atoms with Gasteiger partial charge in [-0.3, -0.25) is 9.10 Å². The van der Waals surface area contributed by atoms with Crippen LogP contribution in [-0.2, 0) is 14.8 Å². The molecule has 1 aromatic rings. The Morgan fingerprint density at radius 1 is 1.36 bits per heavy atom. The topological polar surface area (TPSA) is 66.5 Å². The number of amides is 1. The van der Waals surface area contributed by atoms with Gasteiger partial charge in [-0.25, -0.2) is 8.42 Å². The number of rotatable bonds is 6. The van der Waals surface area contributed by atoms with Gasteiger partial charge in [0.25, 0.3) is 0 Å². The van der Waals surface area contributed by atoms with Gasteiger partial charge in [0.1, 0.15) is 0 Å². The first-order chi connectivity index (χ1) is 10.3.